The average molecular weight is 194 g/mol. The van der Waals surface area contributed by atoms with Crippen molar-refractivity contribution in [3.63, 3.8) is 0 Å². The van der Waals surface area contributed by atoms with Crippen LogP contribution >= 0.6 is 0 Å². The number of carbonyl (C=O) groups excluding carboxylic acids is 1. The van der Waals surface area contributed by atoms with Crippen LogP contribution in [0.5, 0.6) is 0 Å². The topological polar surface area (TPSA) is 92.4 Å². The van der Waals surface area contributed by atoms with Crippen molar-refractivity contribution in [3.05, 3.63) is 34.9 Å². The van der Waals surface area contributed by atoms with Crippen LogP contribution in [0.2, 0.25) is 0 Å². The van der Waals surface area contributed by atoms with Gasteiger partial charge in [-0.15, -0.1) is 0 Å². The van der Waals surface area contributed by atoms with Gasteiger partial charge in [-0.05, 0) is 19.1 Å². The van der Waals surface area contributed by atoms with Gasteiger partial charge in [-0.2, -0.15) is 0 Å². The third-order valence-corrected chi connectivity index (χ3v) is 1.78. The van der Waals surface area contributed by atoms with E-state index >= 15 is 0 Å². The number of hydrazine groups is 1. The van der Waals surface area contributed by atoms with E-state index < -0.39 is 11.9 Å². The summed E-state index contributed by atoms with van der Waals surface area (Å²) in [5.41, 5.74) is 2.68. The Kier molecular flexibility index (Phi) is 2.83. The van der Waals surface area contributed by atoms with Crippen molar-refractivity contribution in [2.45, 2.75) is 6.92 Å². The molecule has 0 spiro atoms. The Morgan fingerprint density at radius 1 is 1.36 bits per heavy atom. The minimum absolute atomic E-state index is 0.0482. The number of carbonyl (C=O) groups is 2. The highest BCUT2D eigenvalue weighted by Gasteiger charge is 2.15. The number of amides is 1. The van der Waals surface area contributed by atoms with Gasteiger partial charge in [0.2, 0.25) is 0 Å². The third-order valence-electron chi connectivity index (χ3n) is 1.78. The van der Waals surface area contributed by atoms with E-state index in [2.05, 4.69) is 0 Å². The highest BCUT2D eigenvalue weighted by molar-refractivity contribution is 6.04. The molecule has 74 valence electrons. The summed E-state index contributed by atoms with van der Waals surface area (Å²) in [6.07, 6.45) is 0. The van der Waals surface area contributed by atoms with Crippen LogP contribution < -0.4 is 11.3 Å². The molecule has 0 aromatic heterocycles. The molecule has 1 aromatic carbocycles. The SMILES string of the molecule is Cc1ccc(C(=O)NN)c(C(=O)O)c1. The van der Waals surface area contributed by atoms with Crippen LogP contribution in [0.3, 0.4) is 0 Å². The summed E-state index contributed by atoms with van der Waals surface area (Å²) in [7, 11) is 0. The van der Waals surface area contributed by atoms with Crippen LogP contribution in [0.1, 0.15) is 26.3 Å². The zero-order chi connectivity index (χ0) is 10.7. The van der Waals surface area contributed by atoms with Gasteiger partial charge >= 0.3 is 5.97 Å². The molecule has 1 aromatic rings. The molecule has 5 heteroatoms. The number of aryl methyl sites for hydroxylation is 1. The standard InChI is InChI=1S/C9H10N2O3/c1-5-2-3-6(8(12)11-10)7(4-5)9(13)14/h2-4H,10H2,1H3,(H,11,12)(H,13,14). The van der Waals surface area contributed by atoms with Crippen LogP contribution in [0.15, 0.2) is 18.2 Å². The summed E-state index contributed by atoms with van der Waals surface area (Å²) < 4.78 is 0. The fraction of sp³-hybridized carbons (Fsp3) is 0.111. The Bertz CT molecular complexity index is 388. The molecule has 0 saturated heterocycles. The minimum Gasteiger partial charge on any atom is -0.478 e. The maximum absolute atomic E-state index is 11.2. The second kappa shape index (κ2) is 3.89. The van der Waals surface area contributed by atoms with E-state index in [1.807, 2.05) is 5.43 Å². The molecular formula is C9H10N2O3. The number of rotatable bonds is 2. The van der Waals surface area contributed by atoms with Gasteiger partial charge in [-0.3, -0.25) is 10.2 Å². The van der Waals surface area contributed by atoms with Crippen molar-refractivity contribution < 1.29 is 14.7 Å². The number of aromatic carboxylic acids is 1. The van der Waals surface area contributed by atoms with Crippen molar-refractivity contribution in [1.29, 1.82) is 0 Å². The molecule has 14 heavy (non-hydrogen) atoms. The Labute approximate surface area is 80.5 Å². The number of carboxylic acids is 1. The fourth-order valence-electron chi connectivity index (χ4n) is 1.11. The number of hydrogen-bond donors (Lipinski definition) is 3. The van der Waals surface area contributed by atoms with E-state index in [-0.39, 0.29) is 11.1 Å². The normalized spacial score (nSPS) is 9.57. The van der Waals surface area contributed by atoms with Gasteiger partial charge in [0, 0.05) is 0 Å². The lowest BCUT2D eigenvalue weighted by Crippen LogP contribution is -2.31. The molecule has 0 radical (unpaired) electrons. The van der Waals surface area contributed by atoms with Crippen molar-refractivity contribution in [3.8, 4) is 0 Å². The molecule has 0 aliphatic rings. The smallest absolute Gasteiger partial charge is 0.336 e. The van der Waals surface area contributed by atoms with Crippen LogP contribution in [0.25, 0.3) is 0 Å². The summed E-state index contributed by atoms with van der Waals surface area (Å²) in [4.78, 5) is 21.9. The predicted octanol–water partition coefficient (Wildman–Crippen LogP) is 0.297. The Morgan fingerprint density at radius 2 is 2.00 bits per heavy atom. The molecule has 0 heterocycles. The maximum Gasteiger partial charge on any atom is 0.336 e. The Hall–Kier alpha value is -1.88. The summed E-state index contributed by atoms with van der Waals surface area (Å²) in [6, 6.07) is 4.50. The highest BCUT2D eigenvalue weighted by atomic mass is 16.4. The largest absolute Gasteiger partial charge is 0.478 e. The number of nitrogen functional groups attached to an aromatic ring is 1. The number of nitrogens with two attached hydrogens (primary N) is 1. The van der Waals surface area contributed by atoms with Crippen molar-refractivity contribution in [2.75, 3.05) is 0 Å². The number of nitrogens with one attached hydrogen (secondary N) is 1. The molecule has 0 bridgehead atoms. The molecule has 0 unspecified atom stereocenters. The van der Waals surface area contributed by atoms with Gasteiger partial charge in [0.15, 0.2) is 0 Å². The summed E-state index contributed by atoms with van der Waals surface area (Å²) in [5, 5.41) is 8.81. The average Bonchev–Trinajstić information content (AvgIpc) is 2.16. The first-order valence-electron chi connectivity index (χ1n) is 3.91. The Morgan fingerprint density at radius 3 is 2.50 bits per heavy atom. The second-order valence-corrected chi connectivity index (χ2v) is 2.83. The molecule has 4 N–H and O–H groups in total. The van der Waals surface area contributed by atoms with Gasteiger partial charge in [0.1, 0.15) is 0 Å². The number of benzene rings is 1. The van der Waals surface area contributed by atoms with Gasteiger partial charge < -0.3 is 5.11 Å². The molecule has 1 amide bonds. The van der Waals surface area contributed by atoms with Crippen molar-refractivity contribution in [1.82, 2.24) is 5.43 Å². The monoisotopic (exact) mass is 194 g/mol. The zero-order valence-corrected chi connectivity index (χ0v) is 7.57. The first kappa shape index (κ1) is 10.2. The number of hydrogen-bond acceptors (Lipinski definition) is 3. The first-order chi connectivity index (χ1) is 6.56. The molecule has 0 atom stereocenters. The van der Waals surface area contributed by atoms with Crippen LogP contribution in [0, 0.1) is 6.92 Å². The fourth-order valence-corrected chi connectivity index (χ4v) is 1.11. The van der Waals surface area contributed by atoms with Gasteiger partial charge in [-0.1, -0.05) is 11.6 Å². The van der Waals surface area contributed by atoms with Gasteiger partial charge in [-0.25, -0.2) is 10.6 Å². The zero-order valence-electron chi connectivity index (χ0n) is 7.57. The molecule has 0 aliphatic heterocycles. The quantitative estimate of drug-likeness (QED) is 0.358. The molecule has 0 saturated carbocycles. The summed E-state index contributed by atoms with van der Waals surface area (Å²) >= 11 is 0. The van der Waals surface area contributed by atoms with Crippen LogP contribution in [-0.2, 0) is 0 Å². The molecule has 0 aliphatic carbocycles. The van der Waals surface area contributed by atoms with E-state index in [0.717, 1.165) is 5.56 Å². The van der Waals surface area contributed by atoms with E-state index in [9.17, 15) is 9.59 Å². The molecule has 1 rings (SSSR count). The summed E-state index contributed by atoms with van der Waals surface area (Å²) in [5.74, 6) is 3.16. The van der Waals surface area contributed by atoms with E-state index in [1.54, 1.807) is 13.0 Å². The lowest BCUT2D eigenvalue weighted by atomic mass is 10.0. The van der Waals surface area contributed by atoms with Crippen molar-refractivity contribution >= 4 is 11.9 Å². The van der Waals surface area contributed by atoms with Crippen LogP contribution in [0.4, 0.5) is 0 Å². The van der Waals surface area contributed by atoms with Crippen molar-refractivity contribution in [2.24, 2.45) is 5.84 Å². The second-order valence-electron chi connectivity index (χ2n) is 2.83. The van der Waals surface area contributed by atoms with E-state index in [1.165, 1.54) is 12.1 Å². The predicted molar refractivity (Wildman–Crippen MR) is 49.8 cm³/mol. The molecule has 5 nitrogen and oxygen atoms in total. The van der Waals surface area contributed by atoms with E-state index in [0.29, 0.717) is 0 Å². The summed E-state index contributed by atoms with van der Waals surface area (Å²) in [6.45, 7) is 1.75. The highest BCUT2D eigenvalue weighted by Crippen LogP contribution is 2.11. The van der Waals surface area contributed by atoms with Gasteiger partial charge in [0.25, 0.3) is 5.91 Å². The molecular weight excluding hydrogens is 184 g/mol. The lowest BCUT2D eigenvalue weighted by Gasteiger charge is -2.04. The third kappa shape index (κ3) is 1.89. The molecule has 0 fully saturated rings. The maximum atomic E-state index is 11.2. The lowest BCUT2D eigenvalue weighted by molar-refractivity contribution is 0.0691. The van der Waals surface area contributed by atoms with Crippen LogP contribution in [-0.4, -0.2) is 17.0 Å². The Balaban J connectivity index is 3.28. The number of carboxylic acid groups (broad SMARTS) is 1. The van der Waals surface area contributed by atoms with E-state index in [4.69, 9.17) is 10.9 Å². The minimum atomic E-state index is -1.15. The van der Waals surface area contributed by atoms with Gasteiger partial charge in [0.05, 0.1) is 11.1 Å². The first-order valence-corrected chi connectivity index (χ1v) is 3.91.